The third-order valence-electron chi connectivity index (χ3n) is 6.71. The number of hydrogen-bond donors (Lipinski definition) is 2. The highest BCUT2D eigenvalue weighted by Crippen LogP contribution is 2.40. The van der Waals surface area contributed by atoms with Gasteiger partial charge in [-0.2, -0.15) is 5.10 Å². The van der Waals surface area contributed by atoms with Gasteiger partial charge in [0.15, 0.2) is 5.82 Å². The lowest BCUT2D eigenvalue weighted by molar-refractivity contribution is 0.0862. The van der Waals surface area contributed by atoms with Gasteiger partial charge < -0.3 is 11.1 Å². The maximum atomic E-state index is 13.0. The Hall–Kier alpha value is -3.79. The minimum absolute atomic E-state index is 0.0427. The summed E-state index contributed by atoms with van der Waals surface area (Å²) in [5, 5.41) is 11.6. The highest BCUT2D eigenvalue weighted by molar-refractivity contribution is 5.94. The van der Waals surface area contributed by atoms with Crippen molar-refractivity contribution in [3.63, 3.8) is 0 Å². The number of anilines is 2. The van der Waals surface area contributed by atoms with E-state index in [2.05, 4.69) is 44.4 Å². The zero-order chi connectivity index (χ0) is 24.5. The van der Waals surface area contributed by atoms with Gasteiger partial charge in [-0.1, -0.05) is 12.1 Å². The summed E-state index contributed by atoms with van der Waals surface area (Å²) in [7, 11) is 1.85. The van der Waals surface area contributed by atoms with Crippen LogP contribution in [0.4, 0.5) is 11.5 Å². The van der Waals surface area contributed by atoms with Crippen LogP contribution in [0.3, 0.4) is 0 Å². The zero-order valence-electron chi connectivity index (χ0n) is 20.0. The molecule has 2 fully saturated rings. The summed E-state index contributed by atoms with van der Waals surface area (Å²) in [6, 6.07) is 8.12. The van der Waals surface area contributed by atoms with E-state index in [4.69, 9.17) is 5.73 Å². The Kier molecular flexibility index (Phi) is 6.21. The lowest BCUT2D eigenvalue weighted by Gasteiger charge is -2.44. The number of carbonyl (C=O) groups is 2. The van der Waals surface area contributed by atoms with Gasteiger partial charge in [0.1, 0.15) is 5.69 Å². The van der Waals surface area contributed by atoms with Crippen molar-refractivity contribution < 1.29 is 9.59 Å². The van der Waals surface area contributed by atoms with Gasteiger partial charge in [0.25, 0.3) is 11.8 Å². The summed E-state index contributed by atoms with van der Waals surface area (Å²) in [6.45, 7) is 2.73. The van der Waals surface area contributed by atoms with E-state index in [-0.39, 0.29) is 23.7 Å². The van der Waals surface area contributed by atoms with Crippen LogP contribution in [-0.2, 0) is 7.05 Å². The third kappa shape index (κ3) is 5.02. The van der Waals surface area contributed by atoms with Gasteiger partial charge in [0, 0.05) is 37.4 Å². The Bertz CT molecular complexity index is 1200. The van der Waals surface area contributed by atoms with E-state index in [9.17, 15) is 9.59 Å². The molecule has 1 aliphatic carbocycles. The molecule has 0 bridgehead atoms. The first-order valence-electron chi connectivity index (χ1n) is 12.0. The van der Waals surface area contributed by atoms with E-state index in [1.54, 1.807) is 10.9 Å². The molecule has 10 heteroatoms. The number of carbonyl (C=O) groups excluding carboxylic acids is 2. The maximum absolute atomic E-state index is 13.0. The summed E-state index contributed by atoms with van der Waals surface area (Å²) in [5.74, 6) is 0.512. The second-order valence-electron chi connectivity index (χ2n) is 9.42. The SMILES string of the molecule is C[C@@H]1CC[C@@H](NC(=O)c2ccc(C3CC3)cc2)CN1N(c1cnn(C)c1)c1cnc(C(N)=O)cn1. The molecule has 1 saturated heterocycles. The monoisotopic (exact) mass is 474 g/mol. The number of amides is 2. The lowest BCUT2D eigenvalue weighted by atomic mass is 10.00. The fourth-order valence-corrected chi connectivity index (χ4v) is 4.56. The Morgan fingerprint density at radius 3 is 2.43 bits per heavy atom. The van der Waals surface area contributed by atoms with Gasteiger partial charge in [-0.25, -0.2) is 15.0 Å². The van der Waals surface area contributed by atoms with Gasteiger partial charge in [0.2, 0.25) is 0 Å². The number of primary amides is 1. The van der Waals surface area contributed by atoms with Gasteiger partial charge in [-0.3, -0.25) is 19.3 Å². The lowest BCUT2D eigenvalue weighted by Crippen LogP contribution is -2.56. The maximum Gasteiger partial charge on any atom is 0.268 e. The first-order valence-corrected chi connectivity index (χ1v) is 12.0. The van der Waals surface area contributed by atoms with Crippen LogP contribution in [0.15, 0.2) is 49.1 Å². The number of nitrogens with one attached hydrogen (secondary N) is 1. The third-order valence-corrected chi connectivity index (χ3v) is 6.71. The number of piperidine rings is 1. The quantitative estimate of drug-likeness (QED) is 0.539. The fraction of sp³-hybridized carbons (Fsp3) is 0.400. The molecule has 5 rings (SSSR count). The Balaban J connectivity index is 1.35. The number of aromatic nitrogens is 4. The molecule has 0 unspecified atom stereocenters. The summed E-state index contributed by atoms with van der Waals surface area (Å²) in [6.07, 6.45) is 10.8. The number of hydrogen-bond acceptors (Lipinski definition) is 7. The number of nitrogens with zero attached hydrogens (tertiary/aromatic N) is 6. The highest BCUT2D eigenvalue weighted by Gasteiger charge is 2.33. The van der Waals surface area contributed by atoms with E-state index in [0.29, 0.717) is 23.8 Å². The van der Waals surface area contributed by atoms with E-state index < -0.39 is 5.91 Å². The Labute approximate surface area is 204 Å². The van der Waals surface area contributed by atoms with Crippen molar-refractivity contribution >= 4 is 23.3 Å². The van der Waals surface area contributed by atoms with E-state index >= 15 is 0 Å². The molecule has 2 aliphatic rings. The molecule has 1 saturated carbocycles. The molecule has 2 amide bonds. The smallest absolute Gasteiger partial charge is 0.268 e. The molecule has 1 aromatic carbocycles. The van der Waals surface area contributed by atoms with Crippen LogP contribution < -0.4 is 16.1 Å². The molecule has 0 radical (unpaired) electrons. The van der Waals surface area contributed by atoms with Crippen molar-refractivity contribution in [2.45, 2.75) is 50.6 Å². The zero-order valence-corrected chi connectivity index (χ0v) is 20.0. The molecule has 2 atom stereocenters. The second kappa shape index (κ2) is 9.46. The Morgan fingerprint density at radius 1 is 1.06 bits per heavy atom. The van der Waals surface area contributed by atoms with Crippen molar-refractivity contribution in [3.8, 4) is 0 Å². The number of benzene rings is 1. The minimum atomic E-state index is -0.628. The average molecular weight is 475 g/mol. The molecule has 182 valence electrons. The van der Waals surface area contributed by atoms with Crippen LogP contribution in [0.5, 0.6) is 0 Å². The summed E-state index contributed by atoms with van der Waals surface area (Å²) in [5.41, 5.74) is 8.24. The van der Waals surface area contributed by atoms with E-state index in [1.807, 2.05) is 30.4 Å². The van der Waals surface area contributed by atoms with Gasteiger partial charge in [0.05, 0.1) is 24.3 Å². The van der Waals surface area contributed by atoms with Crippen LogP contribution in [0, 0.1) is 0 Å². The molecule has 3 N–H and O–H groups in total. The molecule has 2 aromatic heterocycles. The number of hydrazine groups is 1. The van der Waals surface area contributed by atoms with E-state index in [1.165, 1.54) is 30.8 Å². The molecular formula is C25H30N8O2. The normalized spacial score (nSPS) is 20.4. The van der Waals surface area contributed by atoms with Crippen molar-refractivity contribution in [2.24, 2.45) is 12.8 Å². The van der Waals surface area contributed by atoms with Gasteiger partial charge >= 0.3 is 0 Å². The summed E-state index contributed by atoms with van der Waals surface area (Å²) >= 11 is 0. The van der Waals surface area contributed by atoms with Crippen LogP contribution in [0.1, 0.15) is 64.9 Å². The van der Waals surface area contributed by atoms with Crippen LogP contribution >= 0.6 is 0 Å². The van der Waals surface area contributed by atoms with Gasteiger partial charge in [-0.15, -0.1) is 0 Å². The average Bonchev–Trinajstić information content (AvgIpc) is 3.63. The van der Waals surface area contributed by atoms with Crippen LogP contribution in [0.25, 0.3) is 0 Å². The summed E-state index contributed by atoms with van der Waals surface area (Å²) in [4.78, 5) is 33.1. The highest BCUT2D eigenvalue weighted by atomic mass is 16.2. The fourth-order valence-electron chi connectivity index (χ4n) is 4.56. The topological polar surface area (TPSA) is 122 Å². The van der Waals surface area contributed by atoms with Crippen LogP contribution in [0.2, 0.25) is 0 Å². The van der Waals surface area contributed by atoms with Crippen molar-refractivity contribution in [1.82, 2.24) is 30.1 Å². The van der Waals surface area contributed by atoms with Crippen molar-refractivity contribution in [2.75, 3.05) is 11.6 Å². The summed E-state index contributed by atoms with van der Waals surface area (Å²) < 4.78 is 1.71. The second-order valence-corrected chi connectivity index (χ2v) is 9.42. The molecule has 0 spiro atoms. The molecule has 35 heavy (non-hydrogen) atoms. The predicted octanol–water partition coefficient (Wildman–Crippen LogP) is 2.52. The molecule has 3 heterocycles. The largest absolute Gasteiger partial charge is 0.364 e. The first-order chi connectivity index (χ1) is 16.9. The molecule has 3 aromatic rings. The predicted molar refractivity (Wildman–Crippen MR) is 131 cm³/mol. The van der Waals surface area contributed by atoms with Crippen LogP contribution in [-0.4, -0.2) is 55.2 Å². The Morgan fingerprint density at radius 2 is 1.83 bits per heavy atom. The molecule has 10 nitrogen and oxygen atoms in total. The molecule has 1 aliphatic heterocycles. The molecular weight excluding hydrogens is 444 g/mol. The number of aryl methyl sites for hydroxylation is 1. The van der Waals surface area contributed by atoms with Crippen molar-refractivity contribution in [1.29, 1.82) is 0 Å². The van der Waals surface area contributed by atoms with E-state index in [0.717, 1.165) is 18.5 Å². The minimum Gasteiger partial charge on any atom is -0.364 e. The van der Waals surface area contributed by atoms with Crippen molar-refractivity contribution in [3.05, 3.63) is 65.9 Å². The number of rotatable bonds is 7. The van der Waals surface area contributed by atoms with Gasteiger partial charge in [-0.05, 0) is 56.2 Å². The standard InChI is InChI=1S/C25H30N8O2/c1-16-3-10-20(30-25(35)19-8-6-18(7-9-19)17-4-5-17)14-32(16)33(21-11-29-31(2)15-21)23-13-27-22(12-28-23)24(26)34/h6-9,11-13,15-17,20H,3-5,10,14H2,1-2H3,(H2,26,34)(H,30,35)/t16-,20-/m1/s1. The number of nitrogens with two attached hydrogens (primary N) is 1. The first kappa shape index (κ1) is 23.0.